The maximum absolute atomic E-state index is 12.5. The van der Waals surface area contributed by atoms with Gasteiger partial charge in [-0.15, -0.1) is 34.9 Å². The molecule has 2 aromatic rings. The van der Waals surface area contributed by atoms with Crippen LogP contribution in [0.1, 0.15) is 38.0 Å². The minimum Gasteiger partial charge on any atom is -0.298 e. The Bertz CT molecular complexity index is 753. The van der Waals surface area contributed by atoms with Crippen molar-refractivity contribution in [1.82, 2.24) is 9.88 Å². The molecule has 0 atom stereocenters. The number of thiazole rings is 1. The second-order valence-corrected chi connectivity index (χ2v) is 9.97. The first-order chi connectivity index (χ1) is 12.2. The Morgan fingerprint density at radius 1 is 1.28 bits per heavy atom. The molecule has 0 radical (unpaired) electrons. The summed E-state index contributed by atoms with van der Waals surface area (Å²) in [4.78, 5) is 20.8. The van der Waals surface area contributed by atoms with Crippen LogP contribution in [0.5, 0.6) is 0 Å². The lowest BCUT2D eigenvalue weighted by molar-refractivity contribution is 0.102. The van der Waals surface area contributed by atoms with Gasteiger partial charge in [0.1, 0.15) is 0 Å². The van der Waals surface area contributed by atoms with E-state index in [1.807, 2.05) is 35.7 Å². The second kappa shape index (κ2) is 7.70. The zero-order valence-corrected chi connectivity index (χ0v) is 16.6. The molecule has 25 heavy (non-hydrogen) atoms. The van der Waals surface area contributed by atoms with Crippen molar-refractivity contribution in [3.63, 3.8) is 0 Å². The highest BCUT2D eigenvalue weighted by atomic mass is 32.2. The Hall–Kier alpha value is -1.02. The fourth-order valence-corrected chi connectivity index (χ4v) is 6.99. The fraction of sp³-hybridized carbons (Fsp3) is 0.444. The zero-order chi connectivity index (χ0) is 17.2. The van der Waals surface area contributed by atoms with Crippen molar-refractivity contribution in [3.8, 4) is 0 Å². The molecule has 3 heterocycles. The number of anilines is 1. The molecule has 4 nitrogen and oxygen atoms in total. The number of hydrogen-bond acceptors (Lipinski definition) is 6. The van der Waals surface area contributed by atoms with E-state index in [0.717, 1.165) is 36.9 Å². The molecule has 0 unspecified atom stereocenters. The first kappa shape index (κ1) is 17.4. The van der Waals surface area contributed by atoms with E-state index in [-0.39, 0.29) is 5.91 Å². The van der Waals surface area contributed by atoms with Crippen molar-refractivity contribution in [2.75, 3.05) is 29.9 Å². The van der Waals surface area contributed by atoms with Crippen LogP contribution in [0.2, 0.25) is 0 Å². The van der Waals surface area contributed by atoms with E-state index in [9.17, 15) is 4.79 Å². The molecule has 1 saturated heterocycles. The van der Waals surface area contributed by atoms with Crippen LogP contribution in [0.4, 0.5) is 5.13 Å². The van der Waals surface area contributed by atoms with E-state index in [0.29, 0.717) is 10.1 Å². The highest BCUT2D eigenvalue weighted by molar-refractivity contribution is 8.19. The van der Waals surface area contributed by atoms with E-state index in [1.54, 1.807) is 11.3 Å². The Balaban J connectivity index is 1.42. The van der Waals surface area contributed by atoms with Crippen LogP contribution in [-0.2, 0) is 13.0 Å². The van der Waals surface area contributed by atoms with Gasteiger partial charge in [0.25, 0.3) is 5.91 Å². The first-order valence-corrected chi connectivity index (χ1v) is 11.5. The molecule has 0 bridgehead atoms. The molecule has 7 heteroatoms. The van der Waals surface area contributed by atoms with Gasteiger partial charge in [-0.2, -0.15) is 0 Å². The van der Waals surface area contributed by atoms with Crippen LogP contribution >= 0.6 is 34.9 Å². The van der Waals surface area contributed by atoms with Crippen molar-refractivity contribution in [1.29, 1.82) is 0 Å². The van der Waals surface area contributed by atoms with E-state index >= 15 is 0 Å². The van der Waals surface area contributed by atoms with Gasteiger partial charge in [-0.3, -0.25) is 15.0 Å². The van der Waals surface area contributed by atoms with E-state index in [1.165, 1.54) is 21.9 Å². The van der Waals surface area contributed by atoms with Gasteiger partial charge >= 0.3 is 0 Å². The van der Waals surface area contributed by atoms with Crippen LogP contribution in [-0.4, -0.2) is 40.4 Å². The predicted octanol–water partition coefficient (Wildman–Crippen LogP) is 4.25. The number of benzene rings is 1. The minimum atomic E-state index is -0.0725. The molecule has 1 aromatic carbocycles. The summed E-state index contributed by atoms with van der Waals surface area (Å²) < 4.78 is 0.518. The van der Waals surface area contributed by atoms with Crippen molar-refractivity contribution in [2.45, 2.75) is 24.5 Å². The summed E-state index contributed by atoms with van der Waals surface area (Å²) in [6, 6.07) is 8.01. The minimum absolute atomic E-state index is 0.0725. The van der Waals surface area contributed by atoms with Crippen molar-refractivity contribution < 1.29 is 4.79 Å². The monoisotopic (exact) mass is 391 g/mol. The average molecular weight is 392 g/mol. The molecule has 1 N–H and O–H groups in total. The first-order valence-electron chi connectivity index (χ1n) is 8.58. The third-order valence-corrected chi connectivity index (χ3v) is 8.65. The maximum Gasteiger partial charge on any atom is 0.257 e. The number of nitrogens with zero attached hydrogens (tertiary/aromatic N) is 2. The van der Waals surface area contributed by atoms with Gasteiger partial charge < -0.3 is 0 Å². The van der Waals surface area contributed by atoms with Gasteiger partial charge in [0.2, 0.25) is 0 Å². The molecular formula is C18H21N3OS3. The van der Waals surface area contributed by atoms with Crippen LogP contribution in [0.3, 0.4) is 0 Å². The Morgan fingerprint density at radius 2 is 2.04 bits per heavy atom. The van der Waals surface area contributed by atoms with Crippen LogP contribution < -0.4 is 5.32 Å². The lowest BCUT2D eigenvalue weighted by Crippen LogP contribution is -2.29. The summed E-state index contributed by atoms with van der Waals surface area (Å²) in [7, 11) is 0. The van der Waals surface area contributed by atoms with E-state index in [4.69, 9.17) is 0 Å². The second-order valence-electron chi connectivity index (χ2n) is 6.16. The van der Waals surface area contributed by atoms with Gasteiger partial charge in [0, 0.05) is 41.5 Å². The number of carbonyl (C=O) groups is 1. The molecule has 0 spiro atoms. The highest BCUT2D eigenvalue weighted by Gasteiger charge is 2.21. The standard InChI is InChI=1S/C18H21N3OS3/c1-2-21-8-7-14-15(11-21)25-18(19-14)20-16(22)12-3-5-13(6-4-12)17-23-9-10-24-17/h3-6,17H,2,7-11H2,1H3,(H,19,20,22). The van der Waals surface area contributed by atoms with E-state index < -0.39 is 0 Å². The largest absolute Gasteiger partial charge is 0.298 e. The molecular weight excluding hydrogens is 370 g/mol. The molecule has 132 valence electrons. The van der Waals surface area contributed by atoms with Crippen LogP contribution in [0, 0.1) is 0 Å². The third-order valence-electron chi connectivity index (χ3n) is 4.54. The maximum atomic E-state index is 12.5. The number of nitrogens with one attached hydrogen (secondary N) is 1. The number of likely N-dealkylation sites (N-methyl/N-ethyl adjacent to an activating group) is 1. The summed E-state index contributed by atoms with van der Waals surface area (Å²) in [5.74, 6) is 2.35. The fourth-order valence-electron chi connectivity index (χ4n) is 3.08. The van der Waals surface area contributed by atoms with Crippen LogP contribution in [0.25, 0.3) is 0 Å². The SMILES string of the molecule is CCN1CCc2nc(NC(=O)c3ccc(C4SCCS4)cc3)sc2C1. The molecule has 0 aliphatic carbocycles. The smallest absolute Gasteiger partial charge is 0.257 e. The number of thioether (sulfide) groups is 2. The summed E-state index contributed by atoms with van der Waals surface area (Å²) in [6.07, 6.45) is 0.973. The van der Waals surface area contributed by atoms with Gasteiger partial charge in [0.15, 0.2) is 5.13 Å². The van der Waals surface area contributed by atoms with Gasteiger partial charge in [-0.05, 0) is 24.2 Å². The normalized spacial score (nSPS) is 18.3. The topological polar surface area (TPSA) is 45.2 Å². The molecule has 1 fully saturated rings. The Kier molecular flexibility index (Phi) is 5.36. The lowest BCUT2D eigenvalue weighted by Gasteiger charge is -2.23. The van der Waals surface area contributed by atoms with Crippen molar-refractivity contribution in [2.24, 2.45) is 0 Å². The number of rotatable bonds is 4. The zero-order valence-electron chi connectivity index (χ0n) is 14.2. The lowest BCUT2D eigenvalue weighted by atomic mass is 10.1. The van der Waals surface area contributed by atoms with Gasteiger partial charge in [-0.25, -0.2) is 4.98 Å². The summed E-state index contributed by atoms with van der Waals surface area (Å²) in [6.45, 7) is 5.24. The number of amides is 1. The number of carbonyl (C=O) groups excluding carboxylic acids is 1. The average Bonchev–Trinajstić information content (AvgIpc) is 3.30. The molecule has 0 saturated carbocycles. The summed E-state index contributed by atoms with van der Waals surface area (Å²) in [5, 5.41) is 3.70. The Morgan fingerprint density at radius 3 is 2.76 bits per heavy atom. The number of hydrogen-bond donors (Lipinski definition) is 1. The predicted molar refractivity (Wildman–Crippen MR) is 109 cm³/mol. The van der Waals surface area contributed by atoms with E-state index in [2.05, 4.69) is 34.3 Å². The Labute approximate surface area is 160 Å². The molecule has 2 aliphatic heterocycles. The van der Waals surface area contributed by atoms with Crippen LogP contribution in [0.15, 0.2) is 24.3 Å². The summed E-state index contributed by atoms with van der Waals surface area (Å²) in [5.41, 5.74) is 3.14. The van der Waals surface area contributed by atoms with Crippen molar-refractivity contribution >= 4 is 45.9 Å². The molecule has 4 rings (SSSR count). The quantitative estimate of drug-likeness (QED) is 0.844. The molecule has 1 aromatic heterocycles. The van der Waals surface area contributed by atoms with Gasteiger partial charge in [-0.1, -0.05) is 19.1 Å². The van der Waals surface area contributed by atoms with Gasteiger partial charge in [0.05, 0.1) is 10.3 Å². The number of fused-ring (bicyclic) bond motifs is 1. The van der Waals surface area contributed by atoms with Crippen molar-refractivity contribution in [3.05, 3.63) is 46.0 Å². The number of aromatic nitrogens is 1. The molecule has 2 aliphatic rings. The summed E-state index contributed by atoms with van der Waals surface area (Å²) >= 11 is 5.57. The molecule has 1 amide bonds. The third kappa shape index (κ3) is 3.89. The highest BCUT2D eigenvalue weighted by Crippen LogP contribution is 2.45.